The molecule has 156 valence electrons. The Morgan fingerprint density at radius 2 is 1.61 bits per heavy atom. The number of carbonyl (C=O) groups is 3. The fourth-order valence-electron chi connectivity index (χ4n) is 2.76. The Kier molecular flexibility index (Phi) is 8.02. The van der Waals surface area contributed by atoms with Crippen LogP contribution in [0.5, 0.6) is 0 Å². The number of likely N-dealkylation sites (N-methyl/N-ethyl adjacent to an activating group) is 1. The Hall–Kier alpha value is -2.57. The van der Waals surface area contributed by atoms with E-state index in [0.29, 0.717) is 0 Å². The van der Waals surface area contributed by atoms with Crippen LogP contribution in [-0.2, 0) is 14.3 Å². The lowest BCUT2D eigenvalue weighted by Gasteiger charge is -2.31. The Balaban J connectivity index is 3.06. The van der Waals surface area contributed by atoms with E-state index in [2.05, 4.69) is 10.6 Å². The summed E-state index contributed by atoms with van der Waals surface area (Å²) in [7, 11) is 1.56. The van der Waals surface area contributed by atoms with Gasteiger partial charge in [-0.3, -0.25) is 9.59 Å². The molecule has 0 bridgehead atoms. The molecule has 1 aromatic carbocycles. The zero-order valence-corrected chi connectivity index (χ0v) is 18.1. The van der Waals surface area contributed by atoms with E-state index >= 15 is 0 Å². The largest absolute Gasteiger partial charge is 0.444 e. The van der Waals surface area contributed by atoms with Crippen molar-refractivity contribution in [1.82, 2.24) is 15.5 Å². The smallest absolute Gasteiger partial charge is 0.408 e. The van der Waals surface area contributed by atoms with Gasteiger partial charge in [0.05, 0.1) is 0 Å². The quantitative estimate of drug-likeness (QED) is 0.780. The predicted molar refractivity (Wildman–Crippen MR) is 109 cm³/mol. The fourth-order valence-corrected chi connectivity index (χ4v) is 2.76. The summed E-state index contributed by atoms with van der Waals surface area (Å²) < 4.78 is 5.20. The third kappa shape index (κ3) is 6.87. The number of nitrogens with one attached hydrogen (secondary N) is 2. The molecule has 7 heteroatoms. The van der Waals surface area contributed by atoms with Gasteiger partial charge in [-0.25, -0.2) is 4.79 Å². The second-order valence-electron chi connectivity index (χ2n) is 8.24. The first kappa shape index (κ1) is 23.5. The van der Waals surface area contributed by atoms with E-state index in [1.807, 2.05) is 45.0 Å². The molecular weight excluding hydrogens is 358 g/mol. The number of nitrogens with zero attached hydrogens (tertiary/aromatic N) is 1. The van der Waals surface area contributed by atoms with Gasteiger partial charge in [0.2, 0.25) is 11.8 Å². The molecular formula is C21H33N3O4. The number of hydrogen-bond acceptors (Lipinski definition) is 4. The molecule has 2 atom stereocenters. The number of aryl methyl sites for hydroxylation is 1. The molecule has 3 amide bonds. The molecule has 2 N–H and O–H groups in total. The molecule has 0 aliphatic carbocycles. The van der Waals surface area contributed by atoms with Crippen LogP contribution in [-0.4, -0.2) is 47.5 Å². The summed E-state index contributed by atoms with van der Waals surface area (Å²) in [6, 6.07) is 5.71. The van der Waals surface area contributed by atoms with Crippen LogP contribution in [0, 0.1) is 6.92 Å². The van der Waals surface area contributed by atoms with Gasteiger partial charge in [0.15, 0.2) is 0 Å². The maximum atomic E-state index is 12.9. The zero-order valence-electron chi connectivity index (χ0n) is 18.1. The van der Waals surface area contributed by atoms with Crippen LogP contribution in [0.2, 0.25) is 0 Å². The van der Waals surface area contributed by atoms with Crippen molar-refractivity contribution >= 4 is 17.9 Å². The second-order valence-corrected chi connectivity index (χ2v) is 8.24. The van der Waals surface area contributed by atoms with Crippen LogP contribution < -0.4 is 10.6 Å². The predicted octanol–water partition coefficient (Wildman–Crippen LogP) is 2.93. The molecule has 0 radical (unpaired) electrons. The SMILES string of the molecule is Cc1ccccc1C(C(=O)NC(C)C)N(C)C(=O)C(C)NC(=O)OC(C)(C)C. The van der Waals surface area contributed by atoms with Gasteiger partial charge in [0.1, 0.15) is 17.7 Å². The number of rotatable bonds is 6. The van der Waals surface area contributed by atoms with E-state index < -0.39 is 29.7 Å². The number of ether oxygens (including phenoxy) is 1. The molecule has 2 unspecified atom stereocenters. The van der Waals surface area contributed by atoms with Gasteiger partial charge < -0.3 is 20.3 Å². The van der Waals surface area contributed by atoms with Crippen molar-refractivity contribution < 1.29 is 19.1 Å². The van der Waals surface area contributed by atoms with Crippen molar-refractivity contribution in [3.63, 3.8) is 0 Å². The third-order valence-corrected chi connectivity index (χ3v) is 4.00. The fraction of sp³-hybridized carbons (Fsp3) is 0.571. The molecule has 0 saturated heterocycles. The summed E-state index contributed by atoms with van der Waals surface area (Å²) >= 11 is 0. The maximum Gasteiger partial charge on any atom is 0.408 e. The molecule has 1 aromatic rings. The molecule has 0 aromatic heterocycles. The van der Waals surface area contributed by atoms with Crippen LogP contribution in [0.1, 0.15) is 58.7 Å². The van der Waals surface area contributed by atoms with E-state index in [1.165, 1.54) is 4.90 Å². The average Bonchev–Trinajstić information content (AvgIpc) is 2.53. The topological polar surface area (TPSA) is 87.7 Å². The monoisotopic (exact) mass is 391 g/mol. The van der Waals surface area contributed by atoms with Crippen LogP contribution in [0.3, 0.4) is 0 Å². The third-order valence-electron chi connectivity index (χ3n) is 4.00. The summed E-state index contributed by atoms with van der Waals surface area (Å²) in [5.74, 6) is -0.664. The first-order valence-corrected chi connectivity index (χ1v) is 9.45. The number of carbonyl (C=O) groups excluding carboxylic acids is 3. The average molecular weight is 392 g/mol. The highest BCUT2D eigenvalue weighted by Crippen LogP contribution is 2.24. The normalized spacial score (nSPS) is 13.5. The van der Waals surface area contributed by atoms with Gasteiger partial charge in [0.25, 0.3) is 0 Å². The molecule has 1 rings (SSSR count). The number of benzene rings is 1. The van der Waals surface area contributed by atoms with Gasteiger partial charge in [-0.2, -0.15) is 0 Å². The minimum Gasteiger partial charge on any atom is -0.444 e. The first-order valence-electron chi connectivity index (χ1n) is 9.45. The number of alkyl carbamates (subject to hydrolysis) is 1. The summed E-state index contributed by atoms with van der Waals surface area (Å²) in [5, 5.41) is 5.40. The number of amides is 3. The molecule has 28 heavy (non-hydrogen) atoms. The molecule has 0 spiro atoms. The van der Waals surface area contributed by atoms with Gasteiger partial charge in [-0.15, -0.1) is 0 Å². The highest BCUT2D eigenvalue weighted by molar-refractivity contribution is 5.92. The lowest BCUT2D eigenvalue weighted by Crippen LogP contribution is -2.51. The van der Waals surface area contributed by atoms with Crippen molar-refractivity contribution in [1.29, 1.82) is 0 Å². The van der Waals surface area contributed by atoms with E-state index in [-0.39, 0.29) is 11.9 Å². The van der Waals surface area contributed by atoms with Crippen molar-refractivity contribution in [2.75, 3.05) is 7.05 Å². The molecule has 0 aliphatic heterocycles. The first-order chi connectivity index (χ1) is 12.8. The Bertz CT molecular complexity index is 710. The van der Waals surface area contributed by atoms with E-state index in [1.54, 1.807) is 34.7 Å². The summed E-state index contributed by atoms with van der Waals surface area (Å²) in [4.78, 5) is 39.2. The number of hydrogen-bond donors (Lipinski definition) is 2. The van der Waals surface area contributed by atoms with Crippen molar-refractivity contribution in [2.45, 2.75) is 72.2 Å². The minimum absolute atomic E-state index is 0.0696. The molecule has 0 fully saturated rings. The van der Waals surface area contributed by atoms with Crippen molar-refractivity contribution in [3.8, 4) is 0 Å². The summed E-state index contributed by atoms with van der Waals surface area (Å²) in [6.45, 7) is 12.4. The molecule has 7 nitrogen and oxygen atoms in total. The van der Waals surface area contributed by atoms with E-state index in [4.69, 9.17) is 4.74 Å². The van der Waals surface area contributed by atoms with E-state index in [0.717, 1.165) is 11.1 Å². The minimum atomic E-state index is -0.849. The van der Waals surface area contributed by atoms with Crippen molar-refractivity contribution in [2.24, 2.45) is 0 Å². The zero-order chi connectivity index (χ0) is 21.6. The second kappa shape index (κ2) is 9.57. The standard InChI is InChI=1S/C21H33N3O4/c1-13(2)22-18(25)17(16-12-10-9-11-14(16)3)24(8)19(26)15(4)23-20(27)28-21(5,6)7/h9-13,15,17H,1-8H3,(H,22,25)(H,23,27). The van der Waals surface area contributed by atoms with Gasteiger partial charge in [0, 0.05) is 13.1 Å². The lowest BCUT2D eigenvalue weighted by molar-refractivity contribution is -0.140. The molecule has 0 heterocycles. The highest BCUT2D eigenvalue weighted by atomic mass is 16.6. The maximum absolute atomic E-state index is 12.9. The van der Waals surface area contributed by atoms with Gasteiger partial charge in [-0.1, -0.05) is 24.3 Å². The van der Waals surface area contributed by atoms with Gasteiger partial charge >= 0.3 is 6.09 Å². The van der Waals surface area contributed by atoms with Crippen LogP contribution >= 0.6 is 0 Å². The molecule has 0 saturated carbocycles. The van der Waals surface area contributed by atoms with E-state index in [9.17, 15) is 14.4 Å². The Labute approximate surface area is 167 Å². The summed E-state index contributed by atoms with van der Waals surface area (Å²) in [6.07, 6.45) is -0.680. The van der Waals surface area contributed by atoms with Crippen LogP contribution in [0.4, 0.5) is 4.79 Å². The van der Waals surface area contributed by atoms with Crippen LogP contribution in [0.25, 0.3) is 0 Å². The summed E-state index contributed by atoms with van der Waals surface area (Å²) in [5.41, 5.74) is 0.972. The molecule has 0 aliphatic rings. The Morgan fingerprint density at radius 3 is 2.11 bits per heavy atom. The lowest BCUT2D eigenvalue weighted by atomic mass is 9.98. The van der Waals surface area contributed by atoms with Gasteiger partial charge in [-0.05, 0) is 59.6 Å². The highest BCUT2D eigenvalue weighted by Gasteiger charge is 2.33. The van der Waals surface area contributed by atoms with Crippen LogP contribution in [0.15, 0.2) is 24.3 Å². The van der Waals surface area contributed by atoms with Crippen molar-refractivity contribution in [3.05, 3.63) is 35.4 Å². The Morgan fingerprint density at radius 1 is 1.04 bits per heavy atom.